The third-order valence-corrected chi connectivity index (χ3v) is 14.9. The second-order valence-corrected chi connectivity index (χ2v) is 19.3. The van der Waals surface area contributed by atoms with Crippen molar-refractivity contribution in [1.82, 2.24) is 0 Å². The summed E-state index contributed by atoms with van der Waals surface area (Å²) in [5.74, 6) is 1.68. The number of ketones is 2. The maximum Gasteiger partial charge on any atom is 0.185 e. The molecule has 0 amide bonds. The lowest BCUT2D eigenvalue weighted by molar-refractivity contribution is -0.114. The highest BCUT2D eigenvalue weighted by molar-refractivity contribution is 6.40. The van der Waals surface area contributed by atoms with Crippen molar-refractivity contribution < 1.29 is 9.59 Å². The summed E-state index contributed by atoms with van der Waals surface area (Å²) in [6.45, 7) is 0. The number of benzene rings is 2. The van der Waals surface area contributed by atoms with Gasteiger partial charge in [-0.3, -0.25) is 9.59 Å². The zero-order chi connectivity index (χ0) is 41.6. The van der Waals surface area contributed by atoms with E-state index in [0.29, 0.717) is 66.3 Å². The second-order valence-electron chi connectivity index (χ2n) is 17.7. The average molecular weight is 885 g/mol. The standard InChI is InChI=1S/C50H54Cl4N4O2/c51-43-27-47(57-55-29-31-21-37(33-13-5-1-6-14-33)49(59)38(22-31)34-15-7-2-8-16-34)45(53)25-41(43)42-26-46(54)48(28-44(42)52)58-56-30-32-23-39(35-17-9-3-10-18-35)50(60)40(24-32)36-19-11-4-12-20-36/h21-30,33-36H,1-20H2/b57-55+,58-56+. The van der Waals surface area contributed by atoms with Gasteiger partial charge in [-0.05, 0) is 135 Å². The number of nitrogens with zero attached hydrogens (tertiary/aromatic N) is 4. The average Bonchev–Trinajstić information content (AvgIpc) is 3.28. The monoisotopic (exact) mass is 882 g/mol. The van der Waals surface area contributed by atoms with Crippen LogP contribution in [0.2, 0.25) is 20.1 Å². The molecule has 4 saturated carbocycles. The minimum Gasteiger partial charge on any atom is -0.289 e. The molecule has 0 saturated heterocycles. The minimum atomic E-state index is 0.236. The van der Waals surface area contributed by atoms with Crippen LogP contribution < -0.4 is 0 Å². The molecule has 4 fully saturated rings. The molecule has 6 aliphatic carbocycles. The molecule has 0 aromatic heterocycles. The third-order valence-electron chi connectivity index (χ3n) is 13.6. The van der Waals surface area contributed by atoms with Gasteiger partial charge in [0.25, 0.3) is 0 Å². The molecule has 314 valence electrons. The fourth-order valence-corrected chi connectivity index (χ4v) is 11.3. The van der Waals surface area contributed by atoms with Crippen LogP contribution in [0.4, 0.5) is 11.4 Å². The van der Waals surface area contributed by atoms with Crippen LogP contribution in [0, 0.1) is 23.7 Å². The number of azo groups is 2. The van der Waals surface area contributed by atoms with Gasteiger partial charge < -0.3 is 0 Å². The van der Waals surface area contributed by atoms with Gasteiger partial charge in [-0.1, -0.05) is 123 Å². The van der Waals surface area contributed by atoms with Crippen LogP contribution in [0.25, 0.3) is 11.1 Å². The first-order valence-electron chi connectivity index (χ1n) is 22.4. The Morgan fingerprint density at radius 2 is 0.683 bits per heavy atom. The van der Waals surface area contributed by atoms with E-state index in [1.165, 1.54) is 77.0 Å². The minimum absolute atomic E-state index is 0.236. The number of rotatable bonds is 9. The molecule has 0 spiro atoms. The van der Waals surface area contributed by atoms with Crippen molar-refractivity contribution in [3.63, 3.8) is 0 Å². The van der Waals surface area contributed by atoms with Crippen molar-refractivity contribution in [2.45, 2.75) is 128 Å². The van der Waals surface area contributed by atoms with E-state index >= 15 is 0 Å². The van der Waals surface area contributed by atoms with Crippen molar-refractivity contribution >= 4 is 69.3 Å². The molecule has 10 heteroatoms. The van der Waals surface area contributed by atoms with Crippen LogP contribution in [-0.4, -0.2) is 11.6 Å². The van der Waals surface area contributed by atoms with Crippen molar-refractivity contribution in [3.8, 4) is 11.1 Å². The predicted octanol–water partition coefficient (Wildman–Crippen LogP) is 17.1. The van der Waals surface area contributed by atoms with Crippen LogP contribution >= 0.6 is 46.4 Å². The highest BCUT2D eigenvalue weighted by Gasteiger charge is 2.33. The summed E-state index contributed by atoms with van der Waals surface area (Å²) < 4.78 is 0. The third kappa shape index (κ3) is 10.1. The van der Waals surface area contributed by atoms with Gasteiger partial charge in [-0.2, -0.15) is 10.2 Å². The molecule has 0 radical (unpaired) electrons. The van der Waals surface area contributed by atoms with E-state index in [4.69, 9.17) is 46.4 Å². The number of carbonyl (C=O) groups is 2. The van der Waals surface area contributed by atoms with Crippen molar-refractivity contribution in [2.75, 3.05) is 0 Å². The predicted molar refractivity (Wildman–Crippen MR) is 246 cm³/mol. The summed E-state index contributed by atoms with van der Waals surface area (Å²) in [5.41, 5.74) is 7.54. The Morgan fingerprint density at radius 3 is 0.967 bits per heavy atom. The van der Waals surface area contributed by atoms with Gasteiger partial charge in [-0.25, -0.2) is 0 Å². The summed E-state index contributed by atoms with van der Waals surface area (Å²) in [6, 6.07) is 6.77. The Hall–Kier alpha value is -3.42. The number of hydrogen-bond acceptors (Lipinski definition) is 6. The smallest absolute Gasteiger partial charge is 0.185 e. The number of Topliss-reactive ketones (excluding diaryl/α,β-unsaturated/α-hetero) is 2. The van der Waals surface area contributed by atoms with E-state index in [0.717, 1.165) is 84.8 Å². The number of carbonyl (C=O) groups excluding carboxylic acids is 2. The van der Waals surface area contributed by atoms with Crippen LogP contribution in [-0.2, 0) is 9.59 Å². The van der Waals surface area contributed by atoms with Gasteiger partial charge in [0.15, 0.2) is 11.6 Å². The van der Waals surface area contributed by atoms with Crippen molar-refractivity contribution in [3.05, 3.63) is 114 Å². The number of allylic oxidation sites excluding steroid dienone is 10. The highest BCUT2D eigenvalue weighted by Crippen LogP contribution is 2.45. The first-order valence-corrected chi connectivity index (χ1v) is 23.9. The van der Waals surface area contributed by atoms with E-state index in [1.807, 2.05) is 24.3 Å². The summed E-state index contributed by atoms with van der Waals surface area (Å²) in [7, 11) is 0. The Bertz CT molecular complexity index is 2000. The molecule has 60 heavy (non-hydrogen) atoms. The molecule has 0 bridgehead atoms. The Kier molecular flexibility index (Phi) is 14.5. The van der Waals surface area contributed by atoms with Gasteiger partial charge in [-0.15, -0.1) is 10.2 Å². The lowest BCUT2D eigenvalue weighted by Crippen LogP contribution is -2.25. The quantitative estimate of drug-likeness (QED) is 0.235. The Balaban J connectivity index is 1.01. The van der Waals surface area contributed by atoms with Gasteiger partial charge in [0.05, 0.1) is 32.5 Å². The largest absolute Gasteiger partial charge is 0.289 e. The summed E-state index contributed by atoms with van der Waals surface area (Å²) in [4.78, 5) is 27.6. The SMILES string of the molecule is O=C1C(C2CCCCC2)=CC(=C/N=N/c2cc(Cl)c(-c3cc(Cl)c(/N=N/C=C4C=C(C5CCCCC5)C(=O)C(C5CCCCC5)=C4)cc3Cl)cc2Cl)C=C1C1CCCCC1. The zero-order valence-corrected chi connectivity index (χ0v) is 37.4. The van der Waals surface area contributed by atoms with Gasteiger partial charge in [0.2, 0.25) is 0 Å². The number of halogens is 4. The van der Waals surface area contributed by atoms with E-state index in [-0.39, 0.29) is 11.6 Å². The van der Waals surface area contributed by atoms with Crippen molar-refractivity contribution in [1.29, 1.82) is 0 Å². The van der Waals surface area contributed by atoms with Gasteiger partial charge >= 0.3 is 0 Å². The molecule has 0 heterocycles. The number of hydrogen-bond donors (Lipinski definition) is 0. The summed E-state index contributed by atoms with van der Waals surface area (Å²) in [5, 5.41) is 19.2. The van der Waals surface area contributed by atoms with E-state index in [1.54, 1.807) is 36.7 Å². The molecule has 0 N–H and O–H groups in total. The van der Waals surface area contributed by atoms with E-state index in [2.05, 4.69) is 20.5 Å². The molecule has 0 aliphatic heterocycles. The molecule has 8 rings (SSSR count). The highest BCUT2D eigenvalue weighted by atomic mass is 35.5. The maximum atomic E-state index is 13.8. The molecule has 6 nitrogen and oxygen atoms in total. The summed E-state index contributed by atoms with van der Waals surface area (Å²) in [6.07, 6.45) is 34.3. The molecule has 2 aromatic rings. The van der Waals surface area contributed by atoms with Crippen LogP contribution in [0.1, 0.15) is 128 Å². The molecular formula is C50H54Cl4N4O2. The fourth-order valence-electron chi connectivity index (χ4n) is 10.4. The normalized spacial score (nSPS) is 22.0. The Labute approximate surface area is 375 Å². The second kappa shape index (κ2) is 20.2. The van der Waals surface area contributed by atoms with E-state index in [9.17, 15) is 9.59 Å². The lowest BCUT2D eigenvalue weighted by atomic mass is 9.73. The molecule has 0 unspecified atom stereocenters. The zero-order valence-electron chi connectivity index (χ0n) is 34.3. The van der Waals surface area contributed by atoms with Crippen LogP contribution in [0.15, 0.2) is 115 Å². The van der Waals surface area contributed by atoms with Gasteiger partial charge in [0, 0.05) is 33.4 Å². The van der Waals surface area contributed by atoms with E-state index < -0.39 is 0 Å². The molecule has 2 aromatic carbocycles. The van der Waals surface area contributed by atoms with Crippen molar-refractivity contribution in [2.24, 2.45) is 44.1 Å². The maximum absolute atomic E-state index is 13.8. The molecular weight excluding hydrogens is 830 g/mol. The Morgan fingerprint density at radius 1 is 0.400 bits per heavy atom. The molecule has 0 atom stereocenters. The fraction of sp³-hybridized carbons (Fsp3) is 0.480. The first kappa shape index (κ1) is 43.2. The van der Waals surface area contributed by atoms with Crippen LogP contribution in [0.3, 0.4) is 0 Å². The van der Waals surface area contributed by atoms with Crippen LogP contribution in [0.5, 0.6) is 0 Å². The van der Waals surface area contributed by atoms with Gasteiger partial charge in [0.1, 0.15) is 11.4 Å². The topological polar surface area (TPSA) is 83.6 Å². The lowest BCUT2D eigenvalue weighted by Gasteiger charge is -2.30. The molecule has 6 aliphatic rings. The summed E-state index contributed by atoms with van der Waals surface area (Å²) >= 11 is 27.3. The first-order chi connectivity index (χ1) is 29.2.